The van der Waals surface area contributed by atoms with Crippen molar-refractivity contribution in [2.45, 2.75) is 44.6 Å². The van der Waals surface area contributed by atoms with E-state index >= 15 is 0 Å². The second-order valence-corrected chi connectivity index (χ2v) is 7.05. The number of carbonyl (C=O) groups is 1. The van der Waals surface area contributed by atoms with Gasteiger partial charge in [-0.05, 0) is 62.4 Å². The molecule has 1 aromatic rings. The Labute approximate surface area is 138 Å². The Morgan fingerprint density at radius 2 is 1.91 bits per heavy atom. The van der Waals surface area contributed by atoms with Crippen molar-refractivity contribution in [1.29, 1.82) is 0 Å². The Balaban J connectivity index is 1.48. The quantitative estimate of drug-likeness (QED) is 0.923. The summed E-state index contributed by atoms with van der Waals surface area (Å²) in [5.41, 5.74) is 1.02. The van der Waals surface area contributed by atoms with Crippen LogP contribution in [0.1, 0.15) is 37.7 Å². The smallest absolute Gasteiger partial charge is 0.224 e. The molecule has 2 aliphatic rings. The van der Waals surface area contributed by atoms with E-state index in [1.807, 2.05) is 24.3 Å². The van der Waals surface area contributed by atoms with Crippen LogP contribution in [0.3, 0.4) is 0 Å². The van der Waals surface area contributed by atoms with Gasteiger partial charge in [-0.3, -0.25) is 4.79 Å². The number of piperidine rings is 2. The van der Waals surface area contributed by atoms with Crippen LogP contribution in [0.2, 0.25) is 5.02 Å². The molecule has 0 spiro atoms. The molecule has 0 unspecified atom stereocenters. The number of nitrogens with one attached hydrogen (secondary N) is 1. The molecule has 4 heteroatoms. The second kappa shape index (κ2) is 7.47. The van der Waals surface area contributed by atoms with Gasteiger partial charge in [-0.15, -0.1) is 0 Å². The molecule has 2 saturated heterocycles. The standard InChI is InChI=1S/C18H25ClN2O/c19-16-8-6-14(7-9-16)12-18(22)20-13-15-4-3-11-21-10-2-1-5-17(15)21/h6-9,15,17H,1-5,10-13H2,(H,20,22)/t15-,17-/m0/s1. The third-order valence-corrected chi connectivity index (χ3v) is 5.32. The van der Waals surface area contributed by atoms with E-state index in [0.29, 0.717) is 23.4 Å². The van der Waals surface area contributed by atoms with E-state index in [-0.39, 0.29) is 5.91 Å². The zero-order chi connectivity index (χ0) is 15.4. The van der Waals surface area contributed by atoms with Crippen LogP contribution < -0.4 is 5.32 Å². The molecule has 1 amide bonds. The lowest BCUT2D eigenvalue weighted by atomic mass is 9.83. The van der Waals surface area contributed by atoms with Crippen LogP contribution in [-0.2, 0) is 11.2 Å². The van der Waals surface area contributed by atoms with E-state index in [9.17, 15) is 4.79 Å². The highest BCUT2D eigenvalue weighted by atomic mass is 35.5. The number of hydrogen-bond donors (Lipinski definition) is 1. The first kappa shape index (κ1) is 15.8. The first-order chi connectivity index (χ1) is 10.7. The third kappa shape index (κ3) is 4.02. The highest BCUT2D eigenvalue weighted by molar-refractivity contribution is 6.30. The van der Waals surface area contributed by atoms with E-state index in [4.69, 9.17) is 11.6 Å². The molecular weight excluding hydrogens is 296 g/mol. The number of nitrogens with zero attached hydrogens (tertiary/aromatic N) is 1. The molecule has 22 heavy (non-hydrogen) atoms. The first-order valence-corrected chi connectivity index (χ1v) is 8.85. The van der Waals surface area contributed by atoms with Crippen molar-refractivity contribution in [2.24, 2.45) is 5.92 Å². The molecule has 0 radical (unpaired) electrons. The van der Waals surface area contributed by atoms with Gasteiger partial charge in [-0.25, -0.2) is 0 Å². The molecular formula is C18H25ClN2O. The lowest BCUT2D eigenvalue weighted by Gasteiger charge is -2.44. The summed E-state index contributed by atoms with van der Waals surface area (Å²) in [6.07, 6.45) is 6.95. The molecule has 1 N–H and O–H groups in total. The van der Waals surface area contributed by atoms with Gasteiger partial charge in [0.05, 0.1) is 6.42 Å². The number of fused-ring (bicyclic) bond motifs is 1. The Kier molecular flexibility index (Phi) is 5.37. The summed E-state index contributed by atoms with van der Waals surface area (Å²) >= 11 is 5.87. The van der Waals surface area contributed by atoms with Crippen LogP contribution in [0.15, 0.2) is 24.3 Å². The number of rotatable bonds is 4. The maximum Gasteiger partial charge on any atom is 0.224 e. The van der Waals surface area contributed by atoms with Gasteiger partial charge in [0.25, 0.3) is 0 Å². The normalized spacial score (nSPS) is 25.5. The highest BCUT2D eigenvalue weighted by Gasteiger charge is 2.32. The van der Waals surface area contributed by atoms with Gasteiger partial charge in [0, 0.05) is 17.6 Å². The van der Waals surface area contributed by atoms with Crippen LogP contribution >= 0.6 is 11.6 Å². The zero-order valence-electron chi connectivity index (χ0n) is 13.1. The Morgan fingerprint density at radius 3 is 2.73 bits per heavy atom. The fourth-order valence-electron chi connectivity index (χ4n) is 3.91. The Bertz CT molecular complexity index is 500. The maximum atomic E-state index is 12.1. The summed E-state index contributed by atoms with van der Waals surface area (Å²) in [6, 6.07) is 8.21. The molecule has 2 heterocycles. The molecule has 0 saturated carbocycles. The van der Waals surface area contributed by atoms with Crippen molar-refractivity contribution < 1.29 is 4.79 Å². The van der Waals surface area contributed by atoms with Crippen LogP contribution in [0.4, 0.5) is 0 Å². The molecule has 0 aliphatic carbocycles. The lowest BCUT2D eigenvalue weighted by molar-refractivity contribution is -0.120. The van der Waals surface area contributed by atoms with Crippen LogP contribution in [-0.4, -0.2) is 36.5 Å². The van der Waals surface area contributed by atoms with Crippen molar-refractivity contribution in [3.05, 3.63) is 34.9 Å². The van der Waals surface area contributed by atoms with Gasteiger partial charge in [0.15, 0.2) is 0 Å². The van der Waals surface area contributed by atoms with Crippen LogP contribution in [0, 0.1) is 5.92 Å². The van der Waals surface area contributed by atoms with Crippen molar-refractivity contribution in [1.82, 2.24) is 10.2 Å². The lowest BCUT2D eigenvalue weighted by Crippen LogP contribution is -2.51. The summed E-state index contributed by atoms with van der Waals surface area (Å²) in [7, 11) is 0. The SMILES string of the molecule is O=C(Cc1ccc(Cl)cc1)NC[C@@H]1CCCN2CCCC[C@@H]12. The molecule has 2 atom stereocenters. The van der Waals surface area contributed by atoms with Crippen molar-refractivity contribution in [3.63, 3.8) is 0 Å². The number of hydrogen-bond acceptors (Lipinski definition) is 2. The first-order valence-electron chi connectivity index (χ1n) is 8.47. The molecule has 0 bridgehead atoms. The van der Waals surface area contributed by atoms with E-state index in [1.165, 1.54) is 45.2 Å². The summed E-state index contributed by atoms with van der Waals surface area (Å²) in [4.78, 5) is 14.8. The van der Waals surface area contributed by atoms with Crippen LogP contribution in [0.5, 0.6) is 0 Å². The van der Waals surface area contributed by atoms with E-state index in [1.54, 1.807) is 0 Å². The molecule has 120 valence electrons. The largest absolute Gasteiger partial charge is 0.355 e. The topological polar surface area (TPSA) is 32.3 Å². The van der Waals surface area contributed by atoms with Crippen molar-refractivity contribution in [3.8, 4) is 0 Å². The summed E-state index contributed by atoms with van der Waals surface area (Å²) in [5, 5.41) is 3.86. The van der Waals surface area contributed by atoms with E-state index < -0.39 is 0 Å². The predicted molar refractivity (Wildman–Crippen MR) is 90.1 cm³/mol. The minimum atomic E-state index is 0.121. The number of amides is 1. The van der Waals surface area contributed by atoms with Crippen LogP contribution in [0.25, 0.3) is 0 Å². The minimum absolute atomic E-state index is 0.121. The maximum absolute atomic E-state index is 12.1. The summed E-state index contributed by atoms with van der Waals surface area (Å²) in [6.45, 7) is 3.33. The van der Waals surface area contributed by atoms with Gasteiger partial charge in [0.1, 0.15) is 0 Å². The predicted octanol–water partition coefficient (Wildman–Crippen LogP) is 3.26. The fourth-order valence-corrected chi connectivity index (χ4v) is 4.04. The third-order valence-electron chi connectivity index (χ3n) is 5.07. The zero-order valence-corrected chi connectivity index (χ0v) is 13.8. The summed E-state index contributed by atoms with van der Waals surface area (Å²) < 4.78 is 0. The fraction of sp³-hybridized carbons (Fsp3) is 0.611. The molecule has 2 fully saturated rings. The summed E-state index contributed by atoms with van der Waals surface area (Å²) in [5.74, 6) is 0.749. The van der Waals surface area contributed by atoms with E-state index in [2.05, 4.69) is 10.2 Å². The number of carbonyl (C=O) groups excluding carboxylic acids is 1. The van der Waals surface area contributed by atoms with Gasteiger partial charge < -0.3 is 10.2 Å². The van der Waals surface area contributed by atoms with E-state index in [0.717, 1.165) is 12.1 Å². The van der Waals surface area contributed by atoms with Gasteiger partial charge in [-0.2, -0.15) is 0 Å². The van der Waals surface area contributed by atoms with Gasteiger partial charge in [0.2, 0.25) is 5.91 Å². The van der Waals surface area contributed by atoms with Crippen molar-refractivity contribution >= 4 is 17.5 Å². The molecule has 1 aromatic carbocycles. The average molecular weight is 321 g/mol. The molecule has 3 nitrogen and oxygen atoms in total. The number of halogens is 1. The van der Waals surface area contributed by atoms with Gasteiger partial charge in [-0.1, -0.05) is 30.2 Å². The molecule has 2 aliphatic heterocycles. The number of benzene rings is 1. The Morgan fingerprint density at radius 1 is 1.14 bits per heavy atom. The minimum Gasteiger partial charge on any atom is -0.355 e. The molecule has 3 rings (SSSR count). The average Bonchev–Trinajstić information content (AvgIpc) is 2.55. The molecule has 0 aromatic heterocycles. The van der Waals surface area contributed by atoms with Crippen molar-refractivity contribution in [2.75, 3.05) is 19.6 Å². The second-order valence-electron chi connectivity index (χ2n) is 6.61. The highest BCUT2D eigenvalue weighted by Crippen LogP contribution is 2.30. The monoisotopic (exact) mass is 320 g/mol. The Hall–Kier alpha value is -1.06. The van der Waals surface area contributed by atoms with Gasteiger partial charge >= 0.3 is 0 Å².